The highest BCUT2D eigenvalue weighted by atomic mass is 32.2. The first-order valence-electron chi connectivity index (χ1n) is 3.90. The van der Waals surface area contributed by atoms with Gasteiger partial charge in [-0.05, 0) is 30.9 Å². The van der Waals surface area contributed by atoms with Gasteiger partial charge in [-0.25, -0.2) is 4.39 Å². The fraction of sp³-hybridized carbons (Fsp3) is 0.300. The lowest BCUT2D eigenvalue weighted by Crippen LogP contribution is -2.16. The summed E-state index contributed by atoms with van der Waals surface area (Å²) in [6.45, 7) is 1.26. The van der Waals surface area contributed by atoms with Crippen LogP contribution in [0.1, 0.15) is 12.5 Å². The van der Waals surface area contributed by atoms with E-state index in [4.69, 9.17) is 0 Å². The molecule has 0 N–H and O–H groups in total. The van der Waals surface area contributed by atoms with Crippen LogP contribution in [0.3, 0.4) is 0 Å². The molecule has 0 fully saturated rings. The minimum absolute atomic E-state index is 0.321. The minimum Gasteiger partial charge on any atom is -0.299 e. The van der Waals surface area contributed by atoms with E-state index in [1.165, 1.54) is 6.92 Å². The number of aldehydes is 1. The first kappa shape index (κ1) is 10.3. The van der Waals surface area contributed by atoms with Crippen LogP contribution in [0.4, 0.5) is 4.39 Å². The molecule has 0 aromatic heterocycles. The van der Waals surface area contributed by atoms with Gasteiger partial charge in [0.1, 0.15) is 0 Å². The summed E-state index contributed by atoms with van der Waals surface area (Å²) in [5, 5.41) is 0. The van der Waals surface area contributed by atoms with E-state index in [1.54, 1.807) is 36.0 Å². The largest absolute Gasteiger partial charge is 0.299 e. The van der Waals surface area contributed by atoms with Crippen LogP contribution >= 0.6 is 11.8 Å². The lowest BCUT2D eigenvalue weighted by Gasteiger charge is -2.12. The predicted molar refractivity (Wildman–Crippen MR) is 52.7 cm³/mol. The Labute approximate surface area is 81.3 Å². The van der Waals surface area contributed by atoms with Gasteiger partial charge in [0.25, 0.3) is 0 Å². The molecular weight excluding hydrogens is 187 g/mol. The summed E-state index contributed by atoms with van der Waals surface area (Å²) < 4.78 is 13.4. The monoisotopic (exact) mass is 198 g/mol. The van der Waals surface area contributed by atoms with E-state index in [0.717, 1.165) is 4.90 Å². The fourth-order valence-corrected chi connectivity index (χ4v) is 1.39. The highest BCUT2D eigenvalue weighted by Crippen LogP contribution is 2.25. The molecule has 1 unspecified atom stereocenters. The Hall–Kier alpha value is -0.830. The standard InChI is InChI=1S/C10H11FOS/c1-10(11,7-12)8-3-5-9(13-2)6-4-8/h3-7H,1-2H3. The zero-order valence-electron chi connectivity index (χ0n) is 7.58. The predicted octanol–water partition coefficient (Wildman–Crippen LogP) is 2.79. The average molecular weight is 198 g/mol. The average Bonchev–Trinajstić information content (AvgIpc) is 2.18. The highest BCUT2D eigenvalue weighted by Gasteiger charge is 2.24. The number of alkyl halides is 1. The zero-order chi connectivity index (χ0) is 9.90. The van der Waals surface area contributed by atoms with E-state index < -0.39 is 5.67 Å². The summed E-state index contributed by atoms with van der Waals surface area (Å²) in [5.74, 6) is 0. The molecule has 3 heteroatoms. The third-order valence-corrected chi connectivity index (χ3v) is 2.62. The van der Waals surface area contributed by atoms with Crippen molar-refractivity contribution >= 4 is 18.0 Å². The van der Waals surface area contributed by atoms with E-state index in [2.05, 4.69) is 0 Å². The Morgan fingerprint density at radius 3 is 2.31 bits per heavy atom. The van der Waals surface area contributed by atoms with Gasteiger partial charge in [0.05, 0.1) is 0 Å². The van der Waals surface area contributed by atoms with Gasteiger partial charge in [-0.15, -0.1) is 11.8 Å². The first-order chi connectivity index (χ1) is 6.10. The summed E-state index contributed by atoms with van der Waals surface area (Å²) in [6, 6.07) is 6.89. The maximum absolute atomic E-state index is 13.4. The molecule has 1 aromatic carbocycles. The van der Waals surface area contributed by atoms with Crippen molar-refractivity contribution in [3.63, 3.8) is 0 Å². The van der Waals surface area contributed by atoms with E-state index >= 15 is 0 Å². The maximum Gasteiger partial charge on any atom is 0.187 e. The number of thioether (sulfide) groups is 1. The van der Waals surface area contributed by atoms with Crippen LogP contribution in [0.25, 0.3) is 0 Å². The summed E-state index contributed by atoms with van der Waals surface area (Å²) in [5.41, 5.74) is -1.46. The second kappa shape index (κ2) is 3.92. The molecule has 0 aliphatic rings. The van der Waals surface area contributed by atoms with Crippen molar-refractivity contribution in [1.82, 2.24) is 0 Å². The van der Waals surface area contributed by atoms with Crippen molar-refractivity contribution in [2.24, 2.45) is 0 Å². The van der Waals surface area contributed by atoms with E-state index in [9.17, 15) is 9.18 Å². The van der Waals surface area contributed by atoms with Gasteiger partial charge in [-0.2, -0.15) is 0 Å². The van der Waals surface area contributed by atoms with Crippen LogP contribution in [0, 0.1) is 0 Å². The minimum atomic E-state index is -1.86. The number of hydrogen-bond donors (Lipinski definition) is 0. The molecule has 0 heterocycles. The Bertz CT molecular complexity index is 292. The van der Waals surface area contributed by atoms with Gasteiger partial charge in [0.15, 0.2) is 12.0 Å². The molecule has 1 aromatic rings. The molecule has 0 aliphatic heterocycles. The van der Waals surface area contributed by atoms with Gasteiger partial charge < -0.3 is 0 Å². The first-order valence-corrected chi connectivity index (χ1v) is 5.12. The second-order valence-corrected chi connectivity index (χ2v) is 3.80. The van der Waals surface area contributed by atoms with Crippen LogP contribution in [0.15, 0.2) is 29.2 Å². The van der Waals surface area contributed by atoms with Gasteiger partial charge in [-0.1, -0.05) is 12.1 Å². The van der Waals surface area contributed by atoms with Crippen LogP contribution < -0.4 is 0 Å². The van der Waals surface area contributed by atoms with Crippen molar-refractivity contribution in [3.8, 4) is 0 Å². The zero-order valence-corrected chi connectivity index (χ0v) is 8.40. The molecule has 70 valence electrons. The molecule has 1 nitrogen and oxygen atoms in total. The lowest BCUT2D eigenvalue weighted by atomic mass is 10.0. The molecule has 0 saturated heterocycles. The summed E-state index contributed by atoms with van der Waals surface area (Å²) in [6.07, 6.45) is 2.27. The summed E-state index contributed by atoms with van der Waals surface area (Å²) in [7, 11) is 0. The van der Waals surface area contributed by atoms with Crippen molar-refractivity contribution in [2.75, 3.05) is 6.26 Å². The molecule has 0 spiro atoms. The summed E-state index contributed by atoms with van der Waals surface area (Å²) >= 11 is 1.58. The number of carbonyl (C=O) groups is 1. The van der Waals surface area contributed by atoms with Crippen LogP contribution in [0.5, 0.6) is 0 Å². The van der Waals surface area contributed by atoms with Crippen LogP contribution in [-0.2, 0) is 10.5 Å². The molecule has 0 saturated carbocycles. The maximum atomic E-state index is 13.4. The summed E-state index contributed by atoms with van der Waals surface area (Å²) in [4.78, 5) is 11.5. The molecule has 13 heavy (non-hydrogen) atoms. The molecule has 0 radical (unpaired) electrons. The Morgan fingerprint density at radius 1 is 1.38 bits per heavy atom. The Balaban J connectivity index is 2.98. The van der Waals surface area contributed by atoms with Gasteiger partial charge in [-0.3, -0.25) is 4.79 Å². The SMILES string of the molecule is CSc1ccc(C(C)(F)C=O)cc1. The van der Waals surface area contributed by atoms with Gasteiger partial charge in [0.2, 0.25) is 0 Å². The molecule has 1 atom stereocenters. The molecule has 0 aliphatic carbocycles. The molecule has 0 amide bonds. The van der Waals surface area contributed by atoms with Gasteiger partial charge >= 0.3 is 0 Å². The molecular formula is C10H11FOS. The quantitative estimate of drug-likeness (QED) is 0.548. The van der Waals surface area contributed by atoms with Crippen LogP contribution in [-0.4, -0.2) is 12.5 Å². The number of halogens is 1. The van der Waals surface area contributed by atoms with Crippen molar-refractivity contribution in [3.05, 3.63) is 29.8 Å². The van der Waals surface area contributed by atoms with E-state index in [1.807, 2.05) is 6.26 Å². The Kier molecular flexibility index (Phi) is 3.09. The van der Waals surface area contributed by atoms with E-state index in [-0.39, 0.29) is 0 Å². The number of rotatable bonds is 3. The van der Waals surface area contributed by atoms with Crippen molar-refractivity contribution < 1.29 is 9.18 Å². The van der Waals surface area contributed by atoms with Crippen molar-refractivity contribution in [1.29, 1.82) is 0 Å². The van der Waals surface area contributed by atoms with Crippen molar-refractivity contribution in [2.45, 2.75) is 17.5 Å². The number of carbonyl (C=O) groups excluding carboxylic acids is 1. The third kappa shape index (κ3) is 2.31. The lowest BCUT2D eigenvalue weighted by molar-refractivity contribution is -0.117. The number of benzene rings is 1. The molecule has 1 rings (SSSR count). The number of hydrogen-bond acceptors (Lipinski definition) is 2. The normalized spacial score (nSPS) is 15.0. The third-order valence-electron chi connectivity index (χ3n) is 1.88. The van der Waals surface area contributed by atoms with Gasteiger partial charge in [0, 0.05) is 4.90 Å². The fourth-order valence-electron chi connectivity index (χ4n) is 0.985. The topological polar surface area (TPSA) is 17.1 Å². The second-order valence-electron chi connectivity index (χ2n) is 2.92. The molecule has 0 bridgehead atoms. The Morgan fingerprint density at radius 2 is 1.92 bits per heavy atom. The smallest absolute Gasteiger partial charge is 0.187 e. The van der Waals surface area contributed by atoms with Crippen LogP contribution in [0.2, 0.25) is 0 Å². The van der Waals surface area contributed by atoms with E-state index in [0.29, 0.717) is 11.8 Å². The highest BCUT2D eigenvalue weighted by molar-refractivity contribution is 7.98.